The molecule has 2 N–H and O–H groups in total. The van der Waals surface area contributed by atoms with Crippen molar-refractivity contribution in [3.63, 3.8) is 0 Å². The summed E-state index contributed by atoms with van der Waals surface area (Å²) in [5.74, 6) is 0.672. The largest absolute Gasteiger partial charge is 0.381 e. The maximum absolute atomic E-state index is 12.0. The molecule has 3 aliphatic rings. The Morgan fingerprint density at radius 2 is 1.63 bits per heavy atom. The highest BCUT2D eigenvalue weighted by Crippen LogP contribution is 2.43. The number of thioether (sulfide) groups is 1. The summed E-state index contributed by atoms with van der Waals surface area (Å²) in [5.41, 5.74) is 7.29. The minimum absolute atomic E-state index is 0.0614. The number of ether oxygens (including phenoxy) is 1. The van der Waals surface area contributed by atoms with Crippen LogP contribution in [0.5, 0.6) is 0 Å². The van der Waals surface area contributed by atoms with Crippen molar-refractivity contribution in [2.45, 2.75) is 82.1 Å². The van der Waals surface area contributed by atoms with E-state index in [0.29, 0.717) is 29.6 Å². The second kappa shape index (κ2) is 25.0. The Hall–Kier alpha value is -4.37. The summed E-state index contributed by atoms with van der Waals surface area (Å²) < 4.78 is 8.80. The van der Waals surface area contributed by atoms with Crippen LogP contribution in [-0.2, 0) is 4.74 Å². The smallest absolute Gasteiger partial charge is 0.293 e. The fraction of sp³-hybridized carbons (Fsp3) is 0.451. The molecule has 0 bridgehead atoms. The number of piperazine rings is 1. The molecular weight excluding hydrogens is 872 g/mol. The molecular formula is C51H67ClN8O3S2. The molecule has 2 aliphatic heterocycles. The first-order valence-corrected chi connectivity index (χ1v) is 25.5. The number of fused-ring (bicyclic) bond motifs is 1. The summed E-state index contributed by atoms with van der Waals surface area (Å²) in [6.07, 6.45) is 10.5. The van der Waals surface area contributed by atoms with Crippen LogP contribution in [0.1, 0.15) is 71.8 Å². The van der Waals surface area contributed by atoms with Crippen molar-refractivity contribution in [2.75, 3.05) is 87.2 Å². The zero-order valence-electron chi connectivity index (χ0n) is 39.0. The first-order valence-electron chi connectivity index (χ1n) is 23.1. The Bertz CT molecular complexity index is 2300. The molecule has 0 amide bonds. The second-order valence-corrected chi connectivity index (χ2v) is 19.5. The summed E-state index contributed by atoms with van der Waals surface area (Å²) in [6, 6.07) is 30.4. The number of likely N-dealkylation sites (tertiary alicyclic amines) is 1. The SMILES string of the molecule is CC.COC1CCN(CCCNc2ccc(SNc3ncnc4cc(N5CCN(CC6=C(c7ccc(Cl)cc7)CCC(C)(C)C6)CC5)ccc34)cc2[N+](=O)[O-])CC1.CSc1ccccc1. The molecule has 0 atom stereocenters. The van der Waals surface area contributed by atoms with E-state index in [9.17, 15) is 10.1 Å². The van der Waals surface area contributed by atoms with Gasteiger partial charge in [0.15, 0.2) is 0 Å². The molecule has 1 aliphatic carbocycles. The van der Waals surface area contributed by atoms with Crippen molar-refractivity contribution < 1.29 is 9.66 Å². The zero-order chi connectivity index (χ0) is 46.2. The number of anilines is 3. The molecule has 65 heavy (non-hydrogen) atoms. The van der Waals surface area contributed by atoms with Crippen LogP contribution in [0.15, 0.2) is 113 Å². The number of nitrogens with zero attached hydrogens (tertiary/aromatic N) is 6. The van der Waals surface area contributed by atoms with Gasteiger partial charge in [0.25, 0.3) is 5.69 Å². The summed E-state index contributed by atoms with van der Waals surface area (Å²) in [4.78, 5) is 30.3. The van der Waals surface area contributed by atoms with Gasteiger partial charge in [-0.05, 0) is 134 Å². The average Bonchev–Trinajstić information content (AvgIpc) is 3.34. The van der Waals surface area contributed by atoms with E-state index >= 15 is 0 Å². The number of methoxy groups -OCH3 is 1. The molecule has 0 unspecified atom stereocenters. The third-order valence-electron chi connectivity index (χ3n) is 12.4. The van der Waals surface area contributed by atoms with Crippen LogP contribution in [0.3, 0.4) is 0 Å². The third kappa shape index (κ3) is 14.6. The Balaban J connectivity index is 0.000000626. The number of piperidine rings is 1. The van der Waals surface area contributed by atoms with Gasteiger partial charge in [-0.3, -0.25) is 15.0 Å². The number of aromatic nitrogens is 2. The van der Waals surface area contributed by atoms with Gasteiger partial charge in [-0.25, -0.2) is 9.97 Å². The molecule has 0 saturated carbocycles. The quantitative estimate of drug-likeness (QED) is 0.0343. The standard InChI is InChI=1S/C42H53ClN8O3S.C7H8S.C2H6/c1-42(2)16-13-36(30-5-7-32(43)8-6-30)31(27-42)28-49-21-23-50(24-22-49)33-9-11-37-39(25-33)45-29-46-41(37)47-55-35-10-12-38(40(26-35)51(52)53)44-17-4-18-48-19-14-34(54-3)15-20-48;1-8-7-5-3-2-4-6-7;1-2/h5-12,25-26,29,34,44H,4,13-24,27-28H2,1-3H3,(H,45,46,47);2-6H,1H3;1-2H3. The maximum Gasteiger partial charge on any atom is 0.293 e. The molecule has 0 spiro atoms. The van der Waals surface area contributed by atoms with E-state index in [-0.39, 0.29) is 10.6 Å². The van der Waals surface area contributed by atoms with Gasteiger partial charge in [-0.1, -0.05) is 75.2 Å². The molecule has 11 nitrogen and oxygen atoms in total. The van der Waals surface area contributed by atoms with Gasteiger partial charge in [0.05, 0.1) is 16.5 Å². The monoisotopic (exact) mass is 938 g/mol. The van der Waals surface area contributed by atoms with Gasteiger partial charge in [-0.2, -0.15) is 0 Å². The first-order chi connectivity index (χ1) is 31.6. The van der Waals surface area contributed by atoms with Gasteiger partial charge >= 0.3 is 0 Å². The molecule has 3 heterocycles. The molecule has 2 saturated heterocycles. The minimum atomic E-state index is -0.323. The average molecular weight is 940 g/mol. The number of halogens is 1. The van der Waals surface area contributed by atoms with Crippen LogP contribution in [0.4, 0.5) is 22.9 Å². The highest BCUT2D eigenvalue weighted by molar-refractivity contribution is 8.00. The lowest BCUT2D eigenvalue weighted by atomic mass is 9.73. The van der Waals surface area contributed by atoms with E-state index in [0.717, 1.165) is 111 Å². The number of nitro benzene ring substituents is 1. The lowest BCUT2D eigenvalue weighted by Gasteiger charge is -2.39. The van der Waals surface area contributed by atoms with Gasteiger partial charge in [-0.15, -0.1) is 11.8 Å². The highest BCUT2D eigenvalue weighted by Gasteiger charge is 2.30. The van der Waals surface area contributed by atoms with Gasteiger partial charge in [0.1, 0.15) is 17.8 Å². The predicted molar refractivity (Wildman–Crippen MR) is 276 cm³/mol. The van der Waals surface area contributed by atoms with Crippen LogP contribution in [0.25, 0.3) is 16.5 Å². The molecule has 2 fully saturated rings. The molecule has 1 aromatic heterocycles. The summed E-state index contributed by atoms with van der Waals surface area (Å²) in [7, 11) is 1.78. The van der Waals surface area contributed by atoms with Crippen molar-refractivity contribution in [3.8, 4) is 0 Å². The second-order valence-electron chi connectivity index (χ2n) is 17.3. The summed E-state index contributed by atoms with van der Waals surface area (Å²) in [5, 5.41) is 17.0. The van der Waals surface area contributed by atoms with E-state index in [1.165, 1.54) is 34.4 Å². The predicted octanol–water partition coefficient (Wildman–Crippen LogP) is 12.4. The number of nitro groups is 1. The minimum Gasteiger partial charge on any atom is -0.381 e. The van der Waals surface area contributed by atoms with Crippen LogP contribution in [0.2, 0.25) is 5.02 Å². The van der Waals surface area contributed by atoms with E-state index in [1.54, 1.807) is 42.9 Å². The van der Waals surface area contributed by atoms with Crippen molar-refractivity contribution in [3.05, 3.63) is 124 Å². The normalized spacial score (nSPS) is 16.9. The van der Waals surface area contributed by atoms with Crippen molar-refractivity contribution in [1.29, 1.82) is 0 Å². The Labute approximate surface area is 400 Å². The number of hydrogen-bond acceptors (Lipinski definition) is 12. The van der Waals surface area contributed by atoms with Crippen molar-refractivity contribution in [2.24, 2.45) is 5.41 Å². The van der Waals surface area contributed by atoms with Gasteiger partial charge in [0, 0.05) is 91.4 Å². The molecule has 348 valence electrons. The van der Waals surface area contributed by atoms with Crippen molar-refractivity contribution in [1.82, 2.24) is 19.8 Å². The number of allylic oxidation sites excluding steroid dienone is 1. The van der Waals surface area contributed by atoms with E-state index in [4.69, 9.17) is 16.3 Å². The number of hydrogen-bond donors (Lipinski definition) is 2. The number of rotatable bonds is 15. The number of benzene rings is 4. The Morgan fingerprint density at radius 1 is 0.892 bits per heavy atom. The molecule has 14 heteroatoms. The van der Waals surface area contributed by atoms with Gasteiger partial charge in [0.2, 0.25) is 0 Å². The van der Waals surface area contributed by atoms with Crippen LogP contribution in [0, 0.1) is 15.5 Å². The number of nitrogens with one attached hydrogen (secondary N) is 2. The third-order valence-corrected chi connectivity index (χ3v) is 14.2. The highest BCUT2D eigenvalue weighted by atomic mass is 35.5. The first kappa shape index (κ1) is 50.1. The lowest BCUT2D eigenvalue weighted by Crippen LogP contribution is -2.47. The van der Waals surface area contributed by atoms with Crippen molar-refractivity contribution >= 4 is 74.7 Å². The lowest BCUT2D eigenvalue weighted by molar-refractivity contribution is -0.384. The molecule has 4 aromatic carbocycles. The van der Waals surface area contributed by atoms with Crippen LogP contribution < -0.4 is 14.9 Å². The zero-order valence-corrected chi connectivity index (χ0v) is 41.4. The topological polar surface area (TPSA) is 112 Å². The fourth-order valence-electron chi connectivity index (χ4n) is 8.75. The Kier molecular flexibility index (Phi) is 19.2. The van der Waals surface area contributed by atoms with Crippen LogP contribution in [-0.4, -0.2) is 103 Å². The maximum atomic E-state index is 12.0. The summed E-state index contributed by atoms with van der Waals surface area (Å²) in [6.45, 7) is 17.4. The Morgan fingerprint density at radius 3 is 2.31 bits per heavy atom. The van der Waals surface area contributed by atoms with E-state index in [2.05, 4.69) is 97.3 Å². The molecule has 8 rings (SSSR count). The van der Waals surface area contributed by atoms with E-state index in [1.807, 2.05) is 50.2 Å². The molecule has 0 radical (unpaired) electrons. The molecule has 5 aromatic rings. The van der Waals surface area contributed by atoms with Gasteiger partial charge < -0.3 is 24.6 Å². The summed E-state index contributed by atoms with van der Waals surface area (Å²) >= 11 is 9.30. The van der Waals surface area contributed by atoms with Crippen LogP contribution >= 0.6 is 35.3 Å². The van der Waals surface area contributed by atoms with E-state index < -0.39 is 0 Å². The fourth-order valence-corrected chi connectivity index (χ4v) is 9.99.